The molecule has 4 nitrogen and oxygen atoms in total. The van der Waals surface area contributed by atoms with E-state index >= 15 is 0 Å². The molecule has 0 fully saturated rings. The van der Waals surface area contributed by atoms with E-state index in [-0.39, 0.29) is 0 Å². The molecule has 0 aromatic heterocycles. The van der Waals surface area contributed by atoms with Gasteiger partial charge in [0.15, 0.2) is 0 Å². The highest BCUT2D eigenvalue weighted by atomic mass is 16.6. The van der Waals surface area contributed by atoms with Gasteiger partial charge in [-0.3, -0.25) is 14.9 Å². The van der Waals surface area contributed by atoms with Crippen LogP contribution in [0.4, 0.5) is 0 Å². The second kappa shape index (κ2) is 6.96. The number of rotatable bonds is 5. The van der Waals surface area contributed by atoms with Crippen molar-refractivity contribution in [2.24, 2.45) is 0 Å². The normalized spacial score (nSPS) is 11.5. The van der Waals surface area contributed by atoms with Crippen molar-refractivity contribution in [3.05, 3.63) is 93.7 Å². The number of ketones is 1. The molecule has 2 aromatic rings. The Balaban J connectivity index is 2.23. The highest BCUT2D eigenvalue weighted by Gasteiger charge is 2.18. The van der Waals surface area contributed by atoms with Gasteiger partial charge in [0.2, 0.25) is 0 Å². The summed E-state index contributed by atoms with van der Waals surface area (Å²) in [6.45, 7) is 0. The topological polar surface area (TPSA) is 60.2 Å². The Labute approximate surface area is 122 Å². The SMILES string of the molecule is O=C(C=Cc1ccccc1)C(=Cc1ccccc1)[N+](=O)[O-]. The largest absolute Gasteiger partial charge is 0.316 e. The molecule has 21 heavy (non-hydrogen) atoms. The standard InChI is InChI=1S/C17H13NO3/c19-17(12-11-14-7-3-1-4-8-14)16(18(20)21)13-15-9-5-2-6-10-15/h1-13H. The van der Waals surface area contributed by atoms with E-state index in [0.717, 1.165) is 5.56 Å². The summed E-state index contributed by atoms with van der Waals surface area (Å²) in [5.41, 5.74) is 0.979. The molecule has 0 aliphatic carbocycles. The molecule has 0 unspecified atom stereocenters. The Kier molecular flexibility index (Phi) is 4.77. The van der Waals surface area contributed by atoms with Crippen molar-refractivity contribution < 1.29 is 9.72 Å². The van der Waals surface area contributed by atoms with E-state index in [1.54, 1.807) is 36.4 Å². The summed E-state index contributed by atoms with van der Waals surface area (Å²) in [5.74, 6) is -0.632. The zero-order valence-corrected chi connectivity index (χ0v) is 11.2. The van der Waals surface area contributed by atoms with E-state index in [1.165, 1.54) is 12.2 Å². The fraction of sp³-hybridized carbons (Fsp3) is 0. The number of allylic oxidation sites excluding steroid dienone is 1. The Morgan fingerprint density at radius 1 is 0.905 bits per heavy atom. The van der Waals surface area contributed by atoms with Crippen LogP contribution in [0.25, 0.3) is 12.2 Å². The molecule has 2 aromatic carbocycles. The van der Waals surface area contributed by atoms with Gasteiger partial charge in [0.25, 0.3) is 5.78 Å². The molecule has 0 atom stereocenters. The minimum atomic E-state index is -0.662. The molecule has 0 amide bonds. The highest BCUT2D eigenvalue weighted by molar-refractivity contribution is 6.07. The summed E-state index contributed by atoms with van der Waals surface area (Å²) in [7, 11) is 0. The monoisotopic (exact) mass is 279 g/mol. The summed E-state index contributed by atoms with van der Waals surface area (Å²) in [6, 6.07) is 17.9. The Bertz CT molecular complexity index is 688. The van der Waals surface area contributed by atoms with Crippen LogP contribution in [0, 0.1) is 10.1 Å². The zero-order chi connectivity index (χ0) is 15.1. The summed E-state index contributed by atoms with van der Waals surface area (Å²) in [4.78, 5) is 22.3. The van der Waals surface area contributed by atoms with Crippen molar-refractivity contribution in [3.8, 4) is 0 Å². The molecule has 4 heteroatoms. The predicted molar refractivity (Wildman–Crippen MR) is 81.9 cm³/mol. The number of carbonyl (C=O) groups excluding carboxylic acids is 1. The molecule has 0 N–H and O–H groups in total. The molecular formula is C17H13NO3. The van der Waals surface area contributed by atoms with Crippen molar-refractivity contribution in [2.75, 3.05) is 0 Å². The first-order valence-corrected chi connectivity index (χ1v) is 6.35. The summed E-state index contributed by atoms with van der Waals surface area (Å²) >= 11 is 0. The second-order valence-corrected chi connectivity index (χ2v) is 4.31. The predicted octanol–water partition coefficient (Wildman–Crippen LogP) is 3.59. The van der Waals surface area contributed by atoms with E-state index in [0.29, 0.717) is 5.56 Å². The lowest BCUT2D eigenvalue weighted by atomic mass is 10.1. The third kappa shape index (κ3) is 4.24. The fourth-order valence-corrected chi connectivity index (χ4v) is 1.74. The lowest BCUT2D eigenvalue weighted by Crippen LogP contribution is -2.08. The molecule has 0 aliphatic heterocycles. The van der Waals surface area contributed by atoms with Crippen molar-refractivity contribution in [2.45, 2.75) is 0 Å². The first-order chi connectivity index (χ1) is 10.2. The van der Waals surface area contributed by atoms with E-state index in [2.05, 4.69) is 0 Å². The van der Waals surface area contributed by atoms with Crippen LogP contribution < -0.4 is 0 Å². The summed E-state index contributed by atoms with van der Waals surface area (Å²) in [6.07, 6.45) is 4.05. The van der Waals surface area contributed by atoms with Crippen LogP contribution in [0.2, 0.25) is 0 Å². The Morgan fingerprint density at radius 2 is 1.43 bits per heavy atom. The lowest BCUT2D eigenvalue weighted by Gasteiger charge is -1.95. The van der Waals surface area contributed by atoms with Crippen LogP contribution in [0.5, 0.6) is 0 Å². The summed E-state index contributed by atoms with van der Waals surface area (Å²) in [5, 5.41) is 11.0. The van der Waals surface area contributed by atoms with Gasteiger partial charge in [-0.2, -0.15) is 0 Å². The Morgan fingerprint density at radius 3 is 1.95 bits per heavy atom. The van der Waals surface area contributed by atoms with Crippen LogP contribution in [0.15, 0.2) is 72.4 Å². The van der Waals surface area contributed by atoms with Crippen molar-refractivity contribution in [1.82, 2.24) is 0 Å². The molecule has 0 spiro atoms. The number of hydrogen-bond acceptors (Lipinski definition) is 3. The average Bonchev–Trinajstić information content (AvgIpc) is 2.52. The van der Waals surface area contributed by atoms with Gasteiger partial charge in [-0.15, -0.1) is 0 Å². The number of nitrogens with zero attached hydrogens (tertiary/aromatic N) is 1. The van der Waals surface area contributed by atoms with E-state index in [9.17, 15) is 14.9 Å². The molecule has 2 rings (SSSR count). The van der Waals surface area contributed by atoms with E-state index in [4.69, 9.17) is 0 Å². The summed E-state index contributed by atoms with van der Waals surface area (Å²) < 4.78 is 0. The van der Waals surface area contributed by atoms with Crippen molar-refractivity contribution in [3.63, 3.8) is 0 Å². The van der Waals surface area contributed by atoms with Gasteiger partial charge in [0, 0.05) is 6.08 Å². The van der Waals surface area contributed by atoms with E-state index in [1.807, 2.05) is 30.3 Å². The van der Waals surface area contributed by atoms with Crippen molar-refractivity contribution >= 4 is 17.9 Å². The lowest BCUT2D eigenvalue weighted by molar-refractivity contribution is -0.416. The molecule has 0 bridgehead atoms. The Hall–Kier alpha value is -3.01. The first kappa shape index (κ1) is 14.4. The number of nitro groups is 1. The number of benzene rings is 2. The van der Waals surface area contributed by atoms with Crippen molar-refractivity contribution in [1.29, 1.82) is 0 Å². The van der Waals surface area contributed by atoms with Crippen LogP contribution in [0.1, 0.15) is 11.1 Å². The van der Waals surface area contributed by atoms with Crippen LogP contribution in [-0.2, 0) is 4.79 Å². The smallest absolute Gasteiger partial charge is 0.282 e. The number of hydrogen-bond donors (Lipinski definition) is 0. The van der Waals surface area contributed by atoms with Gasteiger partial charge in [0.1, 0.15) is 0 Å². The van der Waals surface area contributed by atoms with Crippen LogP contribution in [-0.4, -0.2) is 10.7 Å². The maximum atomic E-state index is 12.0. The van der Waals surface area contributed by atoms with Gasteiger partial charge < -0.3 is 0 Å². The maximum absolute atomic E-state index is 12.0. The third-order valence-electron chi connectivity index (χ3n) is 2.78. The maximum Gasteiger partial charge on any atom is 0.316 e. The second-order valence-electron chi connectivity index (χ2n) is 4.31. The number of carbonyl (C=O) groups is 1. The average molecular weight is 279 g/mol. The molecule has 104 valence electrons. The zero-order valence-electron chi connectivity index (χ0n) is 11.2. The van der Waals surface area contributed by atoms with E-state index < -0.39 is 16.4 Å². The molecular weight excluding hydrogens is 266 g/mol. The molecule has 0 aliphatic rings. The van der Waals surface area contributed by atoms with Crippen LogP contribution >= 0.6 is 0 Å². The third-order valence-corrected chi connectivity index (χ3v) is 2.78. The molecule has 0 radical (unpaired) electrons. The minimum Gasteiger partial charge on any atom is -0.282 e. The first-order valence-electron chi connectivity index (χ1n) is 6.35. The van der Waals surface area contributed by atoms with Crippen LogP contribution in [0.3, 0.4) is 0 Å². The van der Waals surface area contributed by atoms with Gasteiger partial charge >= 0.3 is 5.70 Å². The molecule has 0 saturated carbocycles. The van der Waals surface area contributed by atoms with Gasteiger partial charge in [-0.05, 0) is 17.2 Å². The van der Waals surface area contributed by atoms with Gasteiger partial charge in [-0.25, -0.2) is 0 Å². The van der Waals surface area contributed by atoms with Gasteiger partial charge in [-0.1, -0.05) is 66.7 Å². The molecule has 0 heterocycles. The minimum absolute atomic E-state index is 0.451. The highest BCUT2D eigenvalue weighted by Crippen LogP contribution is 2.10. The fourth-order valence-electron chi connectivity index (χ4n) is 1.74. The van der Waals surface area contributed by atoms with Gasteiger partial charge in [0.05, 0.1) is 4.92 Å². The quantitative estimate of drug-likeness (QED) is 0.477. The molecule has 0 saturated heterocycles.